The van der Waals surface area contributed by atoms with Gasteiger partial charge >= 0.3 is 0 Å². The SMILES string of the molecule is CC(C)O.I.NCc1ccc(S(N)(=O)=O)cc1. The molecule has 5 nitrogen and oxygen atoms in total. The zero-order valence-corrected chi connectivity index (χ0v) is 13.0. The number of primary sulfonamides is 1. The third kappa shape index (κ3) is 9.48. The first-order chi connectivity index (χ1) is 7.27. The van der Waals surface area contributed by atoms with E-state index in [0.29, 0.717) is 6.54 Å². The first-order valence-electron chi connectivity index (χ1n) is 4.77. The molecule has 0 radical (unpaired) electrons. The lowest BCUT2D eigenvalue weighted by Gasteiger charge is -1.98. The Morgan fingerprint density at radius 1 is 1.24 bits per heavy atom. The van der Waals surface area contributed by atoms with Gasteiger partial charge in [0, 0.05) is 12.6 Å². The van der Waals surface area contributed by atoms with Crippen LogP contribution in [0.5, 0.6) is 0 Å². The molecule has 0 amide bonds. The van der Waals surface area contributed by atoms with Gasteiger partial charge in [0.1, 0.15) is 0 Å². The molecule has 0 fully saturated rings. The predicted octanol–water partition coefficient (Wildman–Crippen LogP) is 0.798. The third-order valence-corrected chi connectivity index (χ3v) is 2.42. The molecule has 0 atom stereocenters. The van der Waals surface area contributed by atoms with Crippen molar-refractivity contribution in [3.8, 4) is 0 Å². The highest BCUT2D eigenvalue weighted by atomic mass is 127. The van der Waals surface area contributed by atoms with Crippen molar-refractivity contribution in [3.63, 3.8) is 0 Å². The van der Waals surface area contributed by atoms with E-state index in [1.54, 1.807) is 26.0 Å². The zero-order valence-electron chi connectivity index (χ0n) is 9.83. The maximum Gasteiger partial charge on any atom is 0.238 e. The van der Waals surface area contributed by atoms with Crippen molar-refractivity contribution in [2.45, 2.75) is 31.4 Å². The first-order valence-corrected chi connectivity index (χ1v) is 6.32. The number of halogens is 1. The summed E-state index contributed by atoms with van der Waals surface area (Å²) < 4.78 is 21.6. The van der Waals surface area contributed by atoms with Gasteiger partial charge in [-0.3, -0.25) is 0 Å². The van der Waals surface area contributed by atoms with Crippen LogP contribution in [-0.4, -0.2) is 19.6 Å². The lowest BCUT2D eigenvalue weighted by molar-refractivity contribution is 0.216. The van der Waals surface area contributed by atoms with Crippen molar-refractivity contribution in [3.05, 3.63) is 29.8 Å². The van der Waals surface area contributed by atoms with Gasteiger partial charge in [0.05, 0.1) is 4.90 Å². The molecule has 5 N–H and O–H groups in total. The molecule has 0 spiro atoms. The number of sulfonamides is 1. The van der Waals surface area contributed by atoms with Crippen LogP contribution < -0.4 is 10.9 Å². The van der Waals surface area contributed by atoms with Crippen molar-refractivity contribution in [1.82, 2.24) is 0 Å². The summed E-state index contributed by atoms with van der Waals surface area (Å²) in [6, 6.07) is 6.16. The van der Waals surface area contributed by atoms with Crippen molar-refractivity contribution >= 4 is 34.0 Å². The Kier molecular flexibility index (Phi) is 9.91. The second kappa shape index (κ2) is 8.81. The summed E-state index contributed by atoms with van der Waals surface area (Å²) in [6.45, 7) is 3.84. The van der Waals surface area contributed by atoms with Gasteiger partial charge in [-0.1, -0.05) is 12.1 Å². The molecule has 0 heterocycles. The smallest absolute Gasteiger partial charge is 0.238 e. The third-order valence-electron chi connectivity index (χ3n) is 1.49. The first kappa shape index (κ1) is 19.1. The van der Waals surface area contributed by atoms with Crippen molar-refractivity contribution in [2.24, 2.45) is 10.9 Å². The average Bonchev–Trinajstić information content (AvgIpc) is 2.16. The number of benzene rings is 1. The fraction of sp³-hybridized carbons (Fsp3) is 0.400. The highest BCUT2D eigenvalue weighted by Crippen LogP contribution is 2.07. The van der Waals surface area contributed by atoms with Gasteiger partial charge in [0.2, 0.25) is 10.0 Å². The van der Waals surface area contributed by atoms with E-state index in [4.69, 9.17) is 16.0 Å². The molecule has 0 aliphatic carbocycles. The van der Waals surface area contributed by atoms with Gasteiger partial charge in [-0.05, 0) is 31.5 Å². The van der Waals surface area contributed by atoms with Crippen LogP contribution in [-0.2, 0) is 16.6 Å². The van der Waals surface area contributed by atoms with E-state index < -0.39 is 10.0 Å². The number of rotatable bonds is 2. The Labute approximate surface area is 119 Å². The fourth-order valence-corrected chi connectivity index (χ4v) is 1.33. The molecule has 0 saturated heterocycles. The van der Waals surface area contributed by atoms with Crippen molar-refractivity contribution in [2.75, 3.05) is 0 Å². The minimum Gasteiger partial charge on any atom is -0.394 e. The van der Waals surface area contributed by atoms with E-state index >= 15 is 0 Å². The number of aliphatic hydroxyl groups is 1. The fourth-order valence-electron chi connectivity index (χ4n) is 0.815. The lowest BCUT2D eigenvalue weighted by atomic mass is 10.2. The van der Waals surface area contributed by atoms with Gasteiger partial charge in [-0.25, -0.2) is 13.6 Å². The van der Waals surface area contributed by atoms with Gasteiger partial charge in [-0.15, -0.1) is 24.0 Å². The molecule has 0 aliphatic heterocycles. The summed E-state index contributed by atoms with van der Waals surface area (Å²) in [6.07, 6.45) is -0.167. The minimum atomic E-state index is -3.57. The average molecular weight is 374 g/mol. The van der Waals surface area contributed by atoms with E-state index in [9.17, 15) is 8.42 Å². The van der Waals surface area contributed by atoms with Crippen LogP contribution in [0.1, 0.15) is 19.4 Å². The topological polar surface area (TPSA) is 106 Å². The summed E-state index contributed by atoms with van der Waals surface area (Å²) >= 11 is 0. The number of nitrogens with two attached hydrogens (primary N) is 2. The molecular formula is C10H19IN2O3S. The normalized spacial score (nSPS) is 10.2. The van der Waals surface area contributed by atoms with Crippen LogP contribution in [0, 0.1) is 0 Å². The number of hydrogen-bond acceptors (Lipinski definition) is 4. The van der Waals surface area contributed by atoms with E-state index in [-0.39, 0.29) is 35.0 Å². The Balaban J connectivity index is 0. The van der Waals surface area contributed by atoms with E-state index in [2.05, 4.69) is 0 Å². The summed E-state index contributed by atoms with van der Waals surface area (Å²) in [7, 11) is -3.57. The molecule has 100 valence electrons. The van der Waals surface area contributed by atoms with Crippen LogP contribution >= 0.6 is 24.0 Å². The molecule has 0 saturated carbocycles. The van der Waals surface area contributed by atoms with Crippen LogP contribution in [0.15, 0.2) is 29.2 Å². The Morgan fingerprint density at radius 3 is 1.82 bits per heavy atom. The lowest BCUT2D eigenvalue weighted by Crippen LogP contribution is -2.12. The monoisotopic (exact) mass is 374 g/mol. The Morgan fingerprint density at radius 2 is 1.59 bits per heavy atom. The van der Waals surface area contributed by atoms with Gasteiger partial charge < -0.3 is 10.8 Å². The quantitative estimate of drug-likeness (QED) is 0.666. The number of aliphatic hydroxyl groups excluding tert-OH is 1. The molecule has 0 aromatic heterocycles. The van der Waals surface area contributed by atoms with Crippen LogP contribution in [0.2, 0.25) is 0 Å². The van der Waals surface area contributed by atoms with Crippen LogP contribution in [0.25, 0.3) is 0 Å². The van der Waals surface area contributed by atoms with Crippen molar-refractivity contribution in [1.29, 1.82) is 0 Å². The van der Waals surface area contributed by atoms with E-state index in [0.717, 1.165) is 5.56 Å². The number of hydrogen-bond donors (Lipinski definition) is 3. The predicted molar refractivity (Wildman–Crippen MR) is 78.5 cm³/mol. The summed E-state index contributed by atoms with van der Waals surface area (Å²) in [5, 5.41) is 12.9. The maximum atomic E-state index is 10.8. The molecule has 0 unspecified atom stereocenters. The largest absolute Gasteiger partial charge is 0.394 e. The van der Waals surface area contributed by atoms with Gasteiger partial charge in [0.25, 0.3) is 0 Å². The molecule has 17 heavy (non-hydrogen) atoms. The van der Waals surface area contributed by atoms with E-state index in [1.165, 1.54) is 12.1 Å². The molecule has 1 aromatic carbocycles. The van der Waals surface area contributed by atoms with E-state index in [1.807, 2.05) is 0 Å². The highest BCUT2D eigenvalue weighted by Gasteiger charge is 2.05. The highest BCUT2D eigenvalue weighted by molar-refractivity contribution is 14.0. The standard InChI is InChI=1S/C7H10N2O2S.C3H8O.HI/c8-5-6-1-3-7(4-2-6)12(9,10)11;1-3(2)4;/h1-4H,5,8H2,(H2,9,10,11);3-4H,1-2H3;1H. The molecule has 7 heteroatoms. The molecular weight excluding hydrogens is 355 g/mol. The van der Waals surface area contributed by atoms with Gasteiger partial charge in [0.15, 0.2) is 0 Å². The van der Waals surface area contributed by atoms with Gasteiger partial charge in [-0.2, -0.15) is 0 Å². The maximum absolute atomic E-state index is 10.8. The Bertz CT molecular complexity index is 401. The molecule has 1 aromatic rings. The Hall–Kier alpha value is -0.220. The van der Waals surface area contributed by atoms with Crippen LogP contribution in [0.4, 0.5) is 0 Å². The second-order valence-electron chi connectivity index (χ2n) is 3.49. The minimum absolute atomic E-state index is 0. The summed E-state index contributed by atoms with van der Waals surface area (Å²) in [4.78, 5) is 0.111. The van der Waals surface area contributed by atoms with Crippen LogP contribution in [0.3, 0.4) is 0 Å². The summed E-state index contributed by atoms with van der Waals surface area (Å²) in [5.41, 5.74) is 6.21. The second-order valence-corrected chi connectivity index (χ2v) is 5.05. The zero-order chi connectivity index (χ0) is 12.8. The molecule has 0 aliphatic rings. The molecule has 0 bridgehead atoms. The molecule has 1 rings (SSSR count). The van der Waals surface area contributed by atoms with Crippen molar-refractivity contribution < 1.29 is 13.5 Å². The summed E-state index contributed by atoms with van der Waals surface area (Å²) in [5.74, 6) is 0.